The predicted molar refractivity (Wildman–Crippen MR) is 71.7 cm³/mol. The lowest BCUT2D eigenvalue weighted by Gasteiger charge is -2.32. The normalized spacial score (nSPS) is 20.2. The van der Waals surface area contributed by atoms with E-state index in [0.29, 0.717) is 5.56 Å². The molecule has 0 spiro atoms. The van der Waals surface area contributed by atoms with Crippen molar-refractivity contribution in [1.82, 2.24) is 4.31 Å². The molecule has 2 rings (SSSR count). The molecule has 1 atom stereocenters. The molecule has 8 heteroatoms. The molecule has 21 heavy (non-hydrogen) atoms. The zero-order valence-electron chi connectivity index (χ0n) is 11.7. The molecule has 6 nitrogen and oxygen atoms in total. The Balaban J connectivity index is 2.45. The van der Waals surface area contributed by atoms with Crippen molar-refractivity contribution in [2.24, 2.45) is 0 Å². The SMILES string of the molecule is COC(=O)C1COCCN1S(=O)(=O)c1cc(C)ccc1F. The Labute approximate surface area is 122 Å². The molecule has 0 bridgehead atoms. The smallest absolute Gasteiger partial charge is 0.326 e. The monoisotopic (exact) mass is 317 g/mol. The summed E-state index contributed by atoms with van der Waals surface area (Å²) in [6.07, 6.45) is 0. The van der Waals surface area contributed by atoms with Crippen molar-refractivity contribution in [3.63, 3.8) is 0 Å². The van der Waals surface area contributed by atoms with Gasteiger partial charge in [-0.05, 0) is 24.6 Å². The molecular formula is C13H16FNO5S. The average Bonchev–Trinajstić information content (AvgIpc) is 2.48. The minimum Gasteiger partial charge on any atom is -0.468 e. The maximum Gasteiger partial charge on any atom is 0.326 e. The number of benzene rings is 1. The molecule has 1 fully saturated rings. The van der Waals surface area contributed by atoms with E-state index >= 15 is 0 Å². The number of ether oxygens (including phenoxy) is 2. The van der Waals surface area contributed by atoms with Gasteiger partial charge in [0.1, 0.15) is 16.8 Å². The molecule has 116 valence electrons. The van der Waals surface area contributed by atoms with Gasteiger partial charge < -0.3 is 9.47 Å². The molecular weight excluding hydrogens is 301 g/mol. The van der Waals surface area contributed by atoms with Gasteiger partial charge in [0.2, 0.25) is 10.0 Å². The van der Waals surface area contributed by atoms with Crippen molar-refractivity contribution < 1.29 is 27.1 Å². The Morgan fingerprint density at radius 3 is 2.86 bits per heavy atom. The predicted octanol–water partition coefficient (Wildman–Crippen LogP) is 0.697. The van der Waals surface area contributed by atoms with Crippen LogP contribution in [0.5, 0.6) is 0 Å². The van der Waals surface area contributed by atoms with Crippen molar-refractivity contribution in [3.05, 3.63) is 29.6 Å². The first-order chi connectivity index (χ1) is 9.87. The minimum absolute atomic E-state index is 0.0323. The molecule has 1 saturated heterocycles. The largest absolute Gasteiger partial charge is 0.468 e. The van der Waals surface area contributed by atoms with Crippen LogP contribution in [0.2, 0.25) is 0 Å². The standard InChI is InChI=1S/C13H16FNO5S/c1-9-3-4-10(14)12(7-9)21(17,18)15-5-6-20-8-11(15)13(16)19-2/h3-4,7,11H,5-6,8H2,1-2H3. The second-order valence-corrected chi connectivity index (χ2v) is 6.52. The third-order valence-corrected chi connectivity index (χ3v) is 5.15. The second kappa shape index (κ2) is 6.08. The van der Waals surface area contributed by atoms with E-state index in [1.807, 2.05) is 0 Å². The first-order valence-corrected chi connectivity index (χ1v) is 7.75. The van der Waals surface area contributed by atoms with E-state index in [9.17, 15) is 17.6 Å². The number of esters is 1. The Bertz CT molecular complexity index is 646. The first-order valence-electron chi connectivity index (χ1n) is 6.31. The highest BCUT2D eigenvalue weighted by molar-refractivity contribution is 7.89. The Morgan fingerprint density at radius 2 is 2.19 bits per heavy atom. The fraction of sp³-hybridized carbons (Fsp3) is 0.462. The highest BCUT2D eigenvalue weighted by Crippen LogP contribution is 2.24. The number of carbonyl (C=O) groups excluding carboxylic acids is 1. The molecule has 0 aromatic heterocycles. The van der Waals surface area contributed by atoms with Gasteiger partial charge in [-0.2, -0.15) is 4.31 Å². The van der Waals surface area contributed by atoms with Crippen LogP contribution >= 0.6 is 0 Å². The zero-order chi connectivity index (χ0) is 15.6. The summed E-state index contributed by atoms with van der Waals surface area (Å²) < 4.78 is 49.7. The molecule has 0 amide bonds. The third kappa shape index (κ3) is 3.07. The lowest BCUT2D eigenvalue weighted by molar-refractivity contribution is -0.149. The number of rotatable bonds is 3. The molecule has 1 aliphatic rings. The number of methoxy groups -OCH3 is 1. The van der Waals surface area contributed by atoms with E-state index in [1.54, 1.807) is 6.92 Å². The summed E-state index contributed by atoms with van der Waals surface area (Å²) in [5, 5.41) is 0. The van der Waals surface area contributed by atoms with Crippen molar-refractivity contribution in [2.75, 3.05) is 26.9 Å². The number of aryl methyl sites for hydroxylation is 1. The van der Waals surface area contributed by atoms with Gasteiger partial charge in [0, 0.05) is 6.54 Å². The first kappa shape index (κ1) is 15.9. The summed E-state index contributed by atoms with van der Waals surface area (Å²) in [5.74, 6) is -1.58. The highest BCUT2D eigenvalue weighted by atomic mass is 32.2. The summed E-state index contributed by atoms with van der Waals surface area (Å²) in [6, 6.07) is 2.71. The van der Waals surface area contributed by atoms with E-state index in [-0.39, 0.29) is 19.8 Å². The Hall–Kier alpha value is -1.51. The minimum atomic E-state index is -4.14. The van der Waals surface area contributed by atoms with E-state index in [0.717, 1.165) is 17.5 Å². The van der Waals surface area contributed by atoms with Crippen LogP contribution in [0, 0.1) is 12.7 Å². The average molecular weight is 317 g/mol. The highest BCUT2D eigenvalue weighted by Gasteiger charge is 2.40. The third-order valence-electron chi connectivity index (χ3n) is 3.23. The number of hydrogen-bond donors (Lipinski definition) is 0. The van der Waals surface area contributed by atoms with Crippen molar-refractivity contribution >= 4 is 16.0 Å². The summed E-state index contributed by atoms with van der Waals surface area (Å²) in [5.41, 5.74) is 0.609. The van der Waals surface area contributed by atoms with Crippen LogP contribution in [0.3, 0.4) is 0 Å². The molecule has 0 radical (unpaired) electrons. The van der Waals surface area contributed by atoms with Gasteiger partial charge in [-0.3, -0.25) is 4.79 Å². The Kier molecular flexibility index (Phi) is 4.60. The molecule has 1 aromatic carbocycles. The number of morpholine rings is 1. The van der Waals surface area contributed by atoms with Crippen LogP contribution in [0.15, 0.2) is 23.1 Å². The van der Waals surface area contributed by atoms with Gasteiger partial charge >= 0.3 is 5.97 Å². The van der Waals surface area contributed by atoms with Crippen LogP contribution in [0.25, 0.3) is 0 Å². The van der Waals surface area contributed by atoms with E-state index in [2.05, 4.69) is 4.74 Å². The van der Waals surface area contributed by atoms with E-state index in [4.69, 9.17) is 4.74 Å². The van der Waals surface area contributed by atoms with Gasteiger partial charge in [-0.1, -0.05) is 6.07 Å². The van der Waals surface area contributed by atoms with Crippen molar-refractivity contribution in [2.45, 2.75) is 17.9 Å². The van der Waals surface area contributed by atoms with Gasteiger partial charge in [-0.15, -0.1) is 0 Å². The molecule has 1 aliphatic heterocycles. The van der Waals surface area contributed by atoms with Crippen LogP contribution in [-0.4, -0.2) is 51.6 Å². The number of halogens is 1. The van der Waals surface area contributed by atoms with E-state index in [1.165, 1.54) is 12.1 Å². The van der Waals surface area contributed by atoms with Crippen LogP contribution in [-0.2, 0) is 24.3 Å². The van der Waals surface area contributed by atoms with Gasteiger partial charge in [0.05, 0.1) is 20.3 Å². The van der Waals surface area contributed by atoms with Gasteiger partial charge in [0.15, 0.2) is 0 Å². The maximum absolute atomic E-state index is 13.9. The summed E-state index contributed by atoms with van der Waals surface area (Å²) >= 11 is 0. The molecule has 0 N–H and O–H groups in total. The molecule has 0 saturated carbocycles. The molecule has 1 heterocycles. The summed E-state index contributed by atoms with van der Waals surface area (Å²) in [7, 11) is -2.98. The van der Waals surface area contributed by atoms with Gasteiger partial charge in [0.25, 0.3) is 0 Å². The number of hydrogen-bond acceptors (Lipinski definition) is 5. The van der Waals surface area contributed by atoms with Crippen molar-refractivity contribution in [1.29, 1.82) is 0 Å². The second-order valence-electron chi connectivity index (χ2n) is 4.66. The van der Waals surface area contributed by atoms with Crippen LogP contribution in [0.4, 0.5) is 4.39 Å². The fourth-order valence-electron chi connectivity index (χ4n) is 2.13. The zero-order valence-corrected chi connectivity index (χ0v) is 12.5. The number of sulfonamides is 1. The molecule has 1 aromatic rings. The fourth-order valence-corrected chi connectivity index (χ4v) is 3.83. The van der Waals surface area contributed by atoms with E-state index < -0.39 is 32.7 Å². The van der Waals surface area contributed by atoms with Crippen LogP contribution in [0.1, 0.15) is 5.56 Å². The quantitative estimate of drug-likeness (QED) is 0.767. The summed E-state index contributed by atoms with van der Waals surface area (Å²) in [4.78, 5) is 11.3. The lowest BCUT2D eigenvalue weighted by Crippen LogP contribution is -2.52. The topological polar surface area (TPSA) is 72.9 Å². The Morgan fingerprint density at radius 1 is 1.48 bits per heavy atom. The number of nitrogens with zero attached hydrogens (tertiary/aromatic N) is 1. The summed E-state index contributed by atoms with van der Waals surface area (Å²) in [6.45, 7) is 1.66. The molecule has 0 aliphatic carbocycles. The van der Waals surface area contributed by atoms with Gasteiger partial charge in [-0.25, -0.2) is 12.8 Å². The molecule has 1 unspecified atom stereocenters. The lowest BCUT2D eigenvalue weighted by atomic mass is 10.2. The van der Waals surface area contributed by atoms with Crippen molar-refractivity contribution in [3.8, 4) is 0 Å². The van der Waals surface area contributed by atoms with Crippen LogP contribution < -0.4 is 0 Å². The maximum atomic E-state index is 13.9. The number of carbonyl (C=O) groups is 1.